The van der Waals surface area contributed by atoms with Crippen molar-refractivity contribution in [3.05, 3.63) is 0 Å². The van der Waals surface area contributed by atoms with E-state index in [4.69, 9.17) is 0 Å². The van der Waals surface area contributed by atoms with Crippen LogP contribution in [0.2, 0.25) is 6.32 Å². The molecule has 0 aromatic rings. The first-order valence-corrected chi connectivity index (χ1v) is 8.41. The van der Waals surface area contributed by atoms with Gasteiger partial charge in [-0.15, -0.1) is 0 Å². The molecular formula is C16H35B. The van der Waals surface area contributed by atoms with Gasteiger partial charge in [0.25, 0.3) is 0 Å². The summed E-state index contributed by atoms with van der Waals surface area (Å²) in [5.41, 5.74) is 0. The minimum absolute atomic E-state index is 1.37. The van der Waals surface area contributed by atoms with Crippen LogP contribution in [0.25, 0.3) is 0 Å². The summed E-state index contributed by atoms with van der Waals surface area (Å²) in [6, 6.07) is 0. The van der Waals surface area contributed by atoms with E-state index in [0.29, 0.717) is 0 Å². The average molecular weight is 238 g/mol. The Bertz CT molecular complexity index is 109. The molecule has 0 aromatic carbocycles. The largest absolute Gasteiger partial charge is 0.101 e. The Hall–Kier alpha value is 0.0649. The van der Waals surface area contributed by atoms with Crippen molar-refractivity contribution in [1.82, 2.24) is 0 Å². The summed E-state index contributed by atoms with van der Waals surface area (Å²) in [5.74, 6) is 0. The average Bonchev–Trinajstić information content (AvgIpc) is 2.35. The van der Waals surface area contributed by atoms with Crippen LogP contribution in [0.15, 0.2) is 0 Å². The van der Waals surface area contributed by atoms with Gasteiger partial charge in [0.15, 0.2) is 0 Å². The molecule has 0 atom stereocenters. The Kier molecular flexibility index (Phi) is 16.1. The normalized spacial score (nSPS) is 10.9. The molecule has 0 saturated carbocycles. The topological polar surface area (TPSA) is 0 Å². The molecule has 0 aliphatic rings. The van der Waals surface area contributed by atoms with E-state index in [1.54, 1.807) is 0 Å². The molecule has 0 aromatic heterocycles. The fraction of sp³-hybridized carbons (Fsp3) is 1.00. The Morgan fingerprint density at radius 2 is 0.765 bits per heavy atom. The van der Waals surface area contributed by atoms with Gasteiger partial charge in [0.1, 0.15) is 7.85 Å². The van der Waals surface area contributed by atoms with Gasteiger partial charge in [-0.3, -0.25) is 0 Å². The first-order valence-electron chi connectivity index (χ1n) is 8.41. The van der Waals surface area contributed by atoms with Gasteiger partial charge >= 0.3 is 0 Å². The fourth-order valence-corrected chi connectivity index (χ4v) is 2.44. The van der Waals surface area contributed by atoms with E-state index in [2.05, 4.69) is 14.8 Å². The van der Waals surface area contributed by atoms with Crippen LogP contribution >= 0.6 is 0 Å². The van der Waals surface area contributed by atoms with Crippen LogP contribution < -0.4 is 0 Å². The zero-order valence-corrected chi connectivity index (χ0v) is 12.6. The second kappa shape index (κ2) is 16.1. The summed E-state index contributed by atoms with van der Waals surface area (Å²) in [6.45, 7) is 2.29. The zero-order valence-electron chi connectivity index (χ0n) is 12.6. The molecule has 0 spiro atoms. The monoisotopic (exact) mass is 238 g/mol. The molecule has 0 N–H and O–H groups in total. The molecule has 0 rings (SSSR count). The first kappa shape index (κ1) is 17.1. The van der Waals surface area contributed by atoms with Crippen LogP contribution in [0.3, 0.4) is 0 Å². The summed E-state index contributed by atoms with van der Waals surface area (Å²) >= 11 is 0. The molecule has 0 nitrogen and oxygen atoms in total. The molecule has 0 fully saturated rings. The van der Waals surface area contributed by atoms with Crippen molar-refractivity contribution in [1.29, 1.82) is 0 Å². The molecule has 0 radical (unpaired) electrons. The van der Waals surface area contributed by atoms with Crippen molar-refractivity contribution < 1.29 is 0 Å². The van der Waals surface area contributed by atoms with E-state index in [1.807, 2.05) is 0 Å². The lowest BCUT2D eigenvalue weighted by atomic mass is 9.98. The molecule has 0 heterocycles. The van der Waals surface area contributed by atoms with Crippen molar-refractivity contribution in [3.8, 4) is 0 Å². The van der Waals surface area contributed by atoms with E-state index in [9.17, 15) is 0 Å². The Morgan fingerprint density at radius 1 is 0.471 bits per heavy atom. The third kappa shape index (κ3) is 16.1. The maximum absolute atomic E-state index is 2.29. The highest BCUT2D eigenvalue weighted by atomic mass is 14.0. The fourth-order valence-electron chi connectivity index (χ4n) is 2.44. The first-order chi connectivity index (χ1) is 8.41. The summed E-state index contributed by atoms with van der Waals surface area (Å²) in [6.07, 6.45) is 21.9. The van der Waals surface area contributed by atoms with Gasteiger partial charge in [0.2, 0.25) is 0 Å². The van der Waals surface area contributed by atoms with Crippen molar-refractivity contribution in [2.45, 2.75) is 103 Å². The molecule has 17 heavy (non-hydrogen) atoms. The summed E-state index contributed by atoms with van der Waals surface area (Å²) < 4.78 is 0. The summed E-state index contributed by atoms with van der Waals surface area (Å²) in [4.78, 5) is 0. The third-order valence-corrected chi connectivity index (χ3v) is 3.71. The lowest BCUT2D eigenvalue weighted by molar-refractivity contribution is 0.538. The van der Waals surface area contributed by atoms with E-state index < -0.39 is 0 Å². The second-order valence-electron chi connectivity index (χ2n) is 5.60. The second-order valence-corrected chi connectivity index (χ2v) is 5.60. The Labute approximate surface area is 111 Å². The molecule has 0 unspecified atom stereocenters. The van der Waals surface area contributed by atoms with E-state index in [-0.39, 0.29) is 0 Å². The van der Waals surface area contributed by atoms with E-state index in [0.717, 1.165) is 0 Å². The van der Waals surface area contributed by atoms with Gasteiger partial charge in [0, 0.05) is 0 Å². The van der Waals surface area contributed by atoms with Crippen LogP contribution in [0.1, 0.15) is 96.8 Å². The van der Waals surface area contributed by atoms with Crippen LogP contribution in [0.4, 0.5) is 0 Å². The number of hydrogen-bond acceptors (Lipinski definition) is 0. The quantitative estimate of drug-likeness (QED) is 0.276. The molecular weight excluding hydrogens is 203 g/mol. The predicted octanol–water partition coefficient (Wildman–Crippen LogP) is 5.52. The highest BCUT2D eigenvalue weighted by Gasteiger charge is 1.93. The van der Waals surface area contributed by atoms with Gasteiger partial charge < -0.3 is 0 Å². The van der Waals surface area contributed by atoms with Crippen molar-refractivity contribution in [2.24, 2.45) is 0 Å². The highest BCUT2D eigenvalue weighted by Crippen LogP contribution is 2.12. The van der Waals surface area contributed by atoms with Gasteiger partial charge in [-0.2, -0.15) is 0 Å². The lowest BCUT2D eigenvalue weighted by Gasteiger charge is -2.02. The molecule has 0 saturated heterocycles. The Morgan fingerprint density at radius 3 is 1.06 bits per heavy atom. The minimum Gasteiger partial charge on any atom is -0.0811 e. The SMILES string of the molecule is BCCCCCCCCCCCCCCCC. The van der Waals surface area contributed by atoms with Crippen LogP contribution in [0.5, 0.6) is 0 Å². The molecule has 102 valence electrons. The molecule has 1 heteroatoms. The smallest absolute Gasteiger partial charge is 0.0811 e. The van der Waals surface area contributed by atoms with Gasteiger partial charge in [0.05, 0.1) is 0 Å². The zero-order chi connectivity index (χ0) is 12.6. The number of unbranched alkanes of at least 4 members (excludes halogenated alkanes) is 13. The Balaban J connectivity index is 2.85. The summed E-state index contributed by atoms with van der Waals surface area (Å²) in [7, 11) is 2.29. The van der Waals surface area contributed by atoms with E-state index >= 15 is 0 Å². The standard InChI is InChI=1S/C16H35B/c1-2-3-4-5-6-7-8-9-10-11-12-13-14-15-16-17/h2-17H2,1H3. The van der Waals surface area contributed by atoms with Crippen molar-refractivity contribution in [3.63, 3.8) is 0 Å². The van der Waals surface area contributed by atoms with Gasteiger partial charge in [-0.1, -0.05) is 103 Å². The van der Waals surface area contributed by atoms with Crippen molar-refractivity contribution >= 4 is 7.85 Å². The lowest BCUT2D eigenvalue weighted by Crippen LogP contribution is -1.83. The molecule has 0 aliphatic carbocycles. The molecule has 0 aliphatic heterocycles. The number of hydrogen-bond donors (Lipinski definition) is 0. The number of rotatable bonds is 14. The van der Waals surface area contributed by atoms with Gasteiger partial charge in [-0.25, -0.2) is 0 Å². The molecule has 0 bridgehead atoms. The van der Waals surface area contributed by atoms with Crippen LogP contribution in [-0.2, 0) is 0 Å². The molecule has 0 amide bonds. The maximum Gasteiger partial charge on any atom is 0.101 e. The van der Waals surface area contributed by atoms with Gasteiger partial charge in [-0.05, 0) is 0 Å². The van der Waals surface area contributed by atoms with Crippen LogP contribution in [0, 0.1) is 0 Å². The van der Waals surface area contributed by atoms with E-state index in [1.165, 1.54) is 96.2 Å². The minimum atomic E-state index is 1.37. The maximum atomic E-state index is 2.29. The van der Waals surface area contributed by atoms with Crippen molar-refractivity contribution in [2.75, 3.05) is 0 Å². The highest BCUT2D eigenvalue weighted by molar-refractivity contribution is 6.08. The van der Waals surface area contributed by atoms with Crippen LogP contribution in [-0.4, -0.2) is 7.85 Å². The summed E-state index contributed by atoms with van der Waals surface area (Å²) in [5, 5.41) is 0. The predicted molar refractivity (Wildman–Crippen MR) is 83.7 cm³/mol. The third-order valence-electron chi connectivity index (χ3n) is 3.71.